The van der Waals surface area contributed by atoms with Crippen LogP contribution in [0.3, 0.4) is 0 Å². The van der Waals surface area contributed by atoms with Crippen molar-refractivity contribution in [2.24, 2.45) is 0 Å². The molecule has 1 atom stereocenters. The molecule has 4 rings (SSSR count). The minimum Gasteiger partial charge on any atom is -0.371 e. The zero-order valence-electron chi connectivity index (χ0n) is 9.71. The zero-order chi connectivity index (χ0) is 11.9. The van der Waals surface area contributed by atoms with Gasteiger partial charge in [-0.15, -0.1) is 0 Å². The first-order chi connectivity index (χ1) is 8.93. The number of hydrogen-bond donors (Lipinski definition) is 1. The lowest BCUT2D eigenvalue weighted by atomic mass is 10.0. The number of nitrogens with zero attached hydrogens (tertiary/aromatic N) is 1. The van der Waals surface area contributed by atoms with Crippen molar-refractivity contribution in [2.75, 3.05) is 5.32 Å². The van der Waals surface area contributed by atoms with Crippen LogP contribution in [0.4, 0.5) is 5.69 Å². The number of nitrogens with one attached hydrogen (secondary N) is 1. The number of anilines is 1. The fraction of sp³-hybridized carbons (Fsp3) is 0.0667. The molecule has 3 heterocycles. The van der Waals surface area contributed by atoms with Gasteiger partial charge in [0, 0.05) is 11.9 Å². The van der Waals surface area contributed by atoms with Crippen LogP contribution >= 0.6 is 11.3 Å². The number of fused-ring (bicyclic) bond motifs is 3. The zero-order valence-corrected chi connectivity index (χ0v) is 10.5. The van der Waals surface area contributed by atoms with Gasteiger partial charge in [0.2, 0.25) is 0 Å². The van der Waals surface area contributed by atoms with Crippen molar-refractivity contribution in [3.63, 3.8) is 0 Å². The summed E-state index contributed by atoms with van der Waals surface area (Å²) in [6.45, 7) is 0. The lowest BCUT2D eigenvalue weighted by Gasteiger charge is -2.29. The van der Waals surface area contributed by atoms with Crippen molar-refractivity contribution in [3.8, 4) is 5.69 Å². The third-order valence-electron chi connectivity index (χ3n) is 3.42. The van der Waals surface area contributed by atoms with Crippen LogP contribution in [0, 0.1) is 0 Å². The summed E-state index contributed by atoms with van der Waals surface area (Å²) in [6.07, 6.45) is 2.13. The van der Waals surface area contributed by atoms with Crippen LogP contribution in [0.15, 0.2) is 59.4 Å². The number of benzene rings is 1. The van der Waals surface area contributed by atoms with Crippen LogP contribution in [-0.2, 0) is 0 Å². The predicted octanol–water partition coefficient (Wildman–Crippen LogP) is 4.05. The second-order valence-corrected chi connectivity index (χ2v) is 5.23. The molecule has 1 aromatic carbocycles. The average Bonchev–Trinajstić information content (AvgIpc) is 3.09. The van der Waals surface area contributed by atoms with Gasteiger partial charge in [-0.25, -0.2) is 0 Å². The van der Waals surface area contributed by atoms with Gasteiger partial charge in [-0.3, -0.25) is 0 Å². The Morgan fingerprint density at radius 2 is 2.00 bits per heavy atom. The molecule has 1 N–H and O–H groups in total. The highest BCUT2D eigenvalue weighted by molar-refractivity contribution is 7.08. The van der Waals surface area contributed by atoms with Gasteiger partial charge >= 0.3 is 0 Å². The molecule has 88 valence electrons. The first-order valence-electron chi connectivity index (χ1n) is 5.99. The van der Waals surface area contributed by atoms with Gasteiger partial charge < -0.3 is 9.88 Å². The van der Waals surface area contributed by atoms with Gasteiger partial charge in [-0.1, -0.05) is 12.1 Å². The standard InChI is InChI=1S/C15H12N2S/c1-2-5-13-12(4-1)16-15(11-7-9-18-10-11)14-6-3-8-17(13)14/h1-10,15-16H. The summed E-state index contributed by atoms with van der Waals surface area (Å²) in [6, 6.07) is 15.2. The second-order valence-electron chi connectivity index (χ2n) is 4.45. The first-order valence-corrected chi connectivity index (χ1v) is 6.93. The molecule has 3 heteroatoms. The molecule has 0 saturated heterocycles. The summed E-state index contributed by atoms with van der Waals surface area (Å²) < 4.78 is 2.27. The van der Waals surface area contributed by atoms with Crippen molar-refractivity contribution in [1.82, 2.24) is 4.57 Å². The molecule has 1 aliphatic rings. The third-order valence-corrected chi connectivity index (χ3v) is 4.12. The second kappa shape index (κ2) is 3.75. The maximum absolute atomic E-state index is 3.63. The van der Waals surface area contributed by atoms with E-state index < -0.39 is 0 Å². The molecule has 18 heavy (non-hydrogen) atoms. The van der Waals surface area contributed by atoms with Crippen LogP contribution in [-0.4, -0.2) is 4.57 Å². The highest BCUT2D eigenvalue weighted by Gasteiger charge is 2.24. The summed E-state index contributed by atoms with van der Waals surface area (Å²) in [5.74, 6) is 0. The lowest BCUT2D eigenvalue weighted by molar-refractivity contribution is 0.813. The number of rotatable bonds is 1. The smallest absolute Gasteiger partial charge is 0.0932 e. The monoisotopic (exact) mass is 252 g/mol. The molecular formula is C15H12N2S. The quantitative estimate of drug-likeness (QED) is 0.691. The van der Waals surface area contributed by atoms with Crippen molar-refractivity contribution >= 4 is 17.0 Å². The Bertz CT molecular complexity index is 682. The van der Waals surface area contributed by atoms with Gasteiger partial charge in [-0.2, -0.15) is 11.3 Å². The normalized spacial score (nSPS) is 16.8. The molecular weight excluding hydrogens is 240 g/mol. The van der Waals surface area contributed by atoms with E-state index in [1.807, 2.05) is 0 Å². The summed E-state index contributed by atoms with van der Waals surface area (Å²) in [7, 11) is 0. The van der Waals surface area contributed by atoms with Crippen LogP contribution in [0.25, 0.3) is 5.69 Å². The van der Waals surface area contributed by atoms with E-state index >= 15 is 0 Å². The Balaban J connectivity index is 1.93. The van der Waals surface area contributed by atoms with Crippen LogP contribution in [0.5, 0.6) is 0 Å². The Morgan fingerprint density at radius 1 is 1.06 bits per heavy atom. The van der Waals surface area contributed by atoms with Crippen LogP contribution in [0.1, 0.15) is 17.3 Å². The summed E-state index contributed by atoms with van der Waals surface area (Å²) in [4.78, 5) is 0. The maximum Gasteiger partial charge on any atom is 0.0932 e. The first kappa shape index (κ1) is 9.97. The van der Waals surface area contributed by atoms with E-state index in [1.165, 1.54) is 22.6 Å². The van der Waals surface area contributed by atoms with Gasteiger partial charge in [0.15, 0.2) is 0 Å². The molecule has 0 bridgehead atoms. The lowest BCUT2D eigenvalue weighted by Crippen LogP contribution is -2.21. The molecule has 2 aromatic heterocycles. The molecule has 0 spiro atoms. The highest BCUT2D eigenvalue weighted by atomic mass is 32.1. The van der Waals surface area contributed by atoms with Gasteiger partial charge in [0.1, 0.15) is 0 Å². The molecule has 0 fully saturated rings. The van der Waals surface area contributed by atoms with Crippen LogP contribution in [0.2, 0.25) is 0 Å². The van der Waals surface area contributed by atoms with E-state index in [2.05, 4.69) is 69.3 Å². The molecule has 3 aromatic rings. The summed E-state index contributed by atoms with van der Waals surface area (Å²) in [5, 5.41) is 7.97. The van der Waals surface area contributed by atoms with Gasteiger partial charge in [0.05, 0.1) is 17.4 Å². The van der Waals surface area contributed by atoms with E-state index in [1.54, 1.807) is 11.3 Å². The maximum atomic E-state index is 3.63. The predicted molar refractivity (Wildman–Crippen MR) is 75.6 cm³/mol. The summed E-state index contributed by atoms with van der Waals surface area (Å²) in [5.41, 5.74) is 5.04. The molecule has 0 saturated carbocycles. The van der Waals surface area contributed by atoms with Crippen LogP contribution < -0.4 is 5.32 Å². The van der Waals surface area contributed by atoms with Crippen molar-refractivity contribution in [1.29, 1.82) is 0 Å². The average molecular weight is 252 g/mol. The minimum absolute atomic E-state index is 0.251. The Morgan fingerprint density at radius 3 is 2.89 bits per heavy atom. The van der Waals surface area contributed by atoms with E-state index in [0.29, 0.717) is 0 Å². The largest absolute Gasteiger partial charge is 0.371 e. The molecule has 1 aliphatic heterocycles. The van der Waals surface area contributed by atoms with Crippen molar-refractivity contribution in [3.05, 3.63) is 70.7 Å². The SMILES string of the molecule is c1ccc2c(c1)NC(c1ccsc1)c1cccn1-2. The summed E-state index contributed by atoms with van der Waals surface area (Å²) >= 11 is 1.74. The van der Waals surface area contributed by atoms with E-state index in [-0.39, 0.29) is 6.04 Å². The Labute approximate surface area is 110 Å². The third kappa shape index (κ3) is 1.34. The van der Waals surface area contributed by atoms with Crippen molar-refractivity contribution in [2.45, 2.75) is 6.04 Å². The fourth-order valence-corrected chi connectivity index (χ4v) is 3.26. The molecule has 0 aliphatic carbocycles. The molecule has 0 amide bonds. The number of thiophene rings is 1. The van der Waals surface area contributed by atoms with Gasteiger partial charge in [0.25, 0.3) is 0 Å². The topological polar surface area (TPSA) is 17.0 Å². The fourth-order valence-electron chi connectivity index (χ4n) is 2.58. The minimum atomic E-state index is 0.251. The van der Waals surface area contributed by atoms with Gasteiger partial charge in [-0.05, 0) is 46.7 Å². The number of hydrogen-bond acceptors (Lipinski definition) is 2. The molecule has 1 unspecified atom stereocenters. The Kier molecular flexibility index (Phi) is 2.08. The number of para-hydroxylation sites is 2. The number of aromatic nitrogens is 1. The van der Waals surface area contributed by atoms with E-state index in [9.17, 15) is 0 Å². The molecule has 2 nitrogen and oxygen atoms in total. The molecule has 0 radical (unpaired) electrons. The highest BCUT2D eigenvalue weighted by Crippen LogP contribution is 2.37. The van der Waals surface area contributed by atoms with E-state index in [4.69, 9.17) is 0 Å². The van der Waals surface area contributed by atoms with E-state index in [0.717, 1.165) is 0 Å². The Hall–Kier alpha value is -2.00. The van der Waals surface area contributed by atoms with Crippen molar-refractivity contribution < 1.29 is 0 Å².